The molecule has 0 saturated carbocycles. The summed E-state index contributed by atoms with van der Waals surface area (Å²) in [5.74, 6) is 0.876. The molecular formula is C13H16N2O3. The Morgan fingerprint density at radius 3 is 2.50 bits per heavy atom. The van der Waals surface area contributed by atoms with Gasteiger partial charge < -0.3 is 14.8 Å². The van der Waals surface area contributed by atoms with Gasteiger partial charge in [0.1, 0.15) is 17.9 Å². The van der Waals surface area contributed by atoms with Gasteiger partial charge in [-0.15, -0.1) is 0 Å². The number of rotatable bonds is 4. The molecule has 0 aliphatic carbocycles. The lowest BCUT2D eigenvalue weighted by molar-refractivity contribution is -0.115. The summed E-state index contributed by atoms with van der Waals surface area (Å²) in [5.41, 5.74) is 2.36. The van der Waals surface area contributed by atoms with E-state index < -0.39 is 0 Å². The van der Waals surface area contributed by atoms with Gasteiger partial charge in [-0.2, -0.15) is 5.26 Å². The maximum Gasteiger partial charge on any atom is 0.238 e. The van der Waals surface area contributed by atoms with E-state index in [4.69, 9.17) is 14.7 Å². The van der Waals surface area contributed by atoms with Gasteiger partial charge in [0.05, 0.1) is 26.0 Å². The van der Waals surface area contributed by atoms with Crippen LogP contribution in [0.3, 0.4) is 0 Å². The second-order valence-corrected chi connectivity index (χ2v) is 3.79. The molecule has 0 heterocycles. The highest BCUT2D eigenvalue weighted by atomic mass is 16.5. The Kier molecular flexibility index (Phi) is 4.55. The lowest BCUT2D eigenvalue weighted by Crippen LogP contribution is -2.12. The van der Waals surface area contributed by atoms with E-state index in [1.807, 2.05) is 13.8 Å². The number of anilines is 1. The summed E-state index contributed by atoms with van der Waals surface area (Å²) in [5, 5.41) is 11.1. The summed E-state index contributed by atoms with van der Waals surface area (Å²) >= 11 is 0. The number of hydrogen-bond acceptors (Lipinski definition) is 4. The number of amides is 1. The Morgan fingerprint density at radius 2 is 2.00 bits per heavy atom. The van der Waals surface area contributed by atoms with Gasteiger partial charge >= 0.3 is 0 Å². The van der Waals surface area contributed by atoms with Gasteiger partial charge in [-0.05, 0) is 25.0 Å². The first-order valence-corrected chi connectivity index (χ1v) is 5.44. The number of methoxy groups -OCH3 is 2. The third-order valence-electron chi connectivity index (χ3n) is 2.73. The minimum atomic E-state index is -0.374. The van der Waals surface area contributed by atoms with E-state index in [2.05, 4.69) is 5.32 Å². The molecule has 18 heavy (non-hydrogen) atoms. The number of carbonyl (C=O) groups excluding carboxylic acids is 1. The predicted octanol–water partition coefficient (Wildman–Crippen LogP) is 2.17. The van der Waals surface area contributed by atoms with E-state index >= 15 is 0 Å². The van der Waals surface area contributed by atoms with Crippen molar-refractivity contribution in [1.82, 2.24) is 0 Å². The molecular weight excluding hydrogens is 232 g/mol. The summed E-state index contributed by atoms with van der Waals surface area (Å²) in [7, 11) is 3.10. The number of nitrogens with one attached hydrogen (secondary N) is 1. The molecule has 0 bridgehead atoms. The van der Waals surface area contributed by atoms with Gasteiger partial charge in [0.2, 0.25) is 5.91 Å². The molecule has 0 saturated heterocycles. The zero-order valence-corrected chi connectivity index (χ0v) is 11.0. The van der Waals surface area contributed by atoms with Crippen LogP contribution in [0, 0.1) is 25.2 Å². The molecule has 0 atom stereocenters. The van der Waals surface area contributed by atoms with Crippen LogP contribution in [0.25, 0.3) is 0 Å². The molecule has 5 heteroatoms. The molecule has 1 amide bonds. The van der Waals surface area contributed by atoms with Crippen LogP contribution in [0.5, 0.6) is 11.5 Å². The van der Waals surface area contributed by atoms with Gasteiger partial charge in [-0.25, -0.2) is 0 Å². The minimum absolute atomic E-state index is 0.196. The van der Waals surface area contributed by atoms with Crippen LogP contribution in [-0.4, -0.2) is 20.1 Å². The fourth-order valence-corrected chi connectivity index (χ4v) is 1.70. The molecule has 5 nitrogen and oxygen atoms in total. The molecule has 0 unspecified atom stereocenters. The van der Waals surface area contributed by atoms with Crippen molar-refractivity contribution in [3.8, 4) is 17.6 Å². The molecule has 0 radical (unpaired) electrons. The fourth-order valence-electron chi connectivity index (χ4n) is 1.70. The van der Waals surface area contributed by atoms with Crippen molar-refractivity contribution in [1.29, 1.82) is 5.26 Å². The van der Waals surface area contributed by atoms with Crippen LogP contribution < -0.4 is 14.8 Å². The smallest absolute Gasteiger partial charge is 0.238 e. The SMILES string of the molecule is COc1cc(NC(=O)CC#N)c(OC)c(C)c1C. The maximum atomic E-state index is 11.4. The van der Waals surface area contributed by atoms with Gasteiger partial charge in [0.25, 0.3) is 0 Å². The lowest BCUT2D eigenvalue weighted by Gasteiger charge is -2.16. The van der Waals surface area contributed by atoms with Crippen LogP contribution in [0.2, 0.25) is 0 Å². The summed E-state index contributed by atoms with van der Waals surface area (Å²) in [4.78, 5) is 11.4. The van der Waals surface area contributed by atoms with Crippen LogP contribution in [-0.2, 0) is 4.79 Å². The van der Waals surface area contributed by atoms with Gasteiger partial charge in [0, 0.05) is 6.07 Å². The van der Waals surface area contributed by atoms with E-state index in [-0.39, 0.29) is 12.3 Å². The summed E-state index contributed by atoms with van der Waals surface area (Å²) < 4.78 is 10.5. The zero-order valence-electron chi connectivity index (χ0n) is 11.0. The highest BCUT2D eigenvalue weighted by Gasteiger charge is 2.15. The first-order chi connectivity index (χ1) is 8.54. The molecule has 0 aliphatic heterocycles. The number of nitrogens with zero attached hydrogens (tertiary/aromatic N) is 1. The van der Waals surface area contributed by atoms with Crippen molar-refractivity contribution in [3.63, 3.8) is 0 Å². The van der Waals surface area contributed by atoms with Crippen molar-refractivity contribution >= 4 is 11.6 Å². The van der Waals surface area contributed by atoms with Crippen molar-refractivity contribution in [3.05, 3.63) is 17.2 Å². The third kappa shape index (κ3) is 2.72. The first-order valence-electron chi connectivity index (χ1n) is 5.44. The number of nitriles is 1. The average Bonchev–Trinajstić information content (AvgIpc) is 2.34. The molecule has 0 spiro atoms. The second-order valence-electron chi connectivity index (χ2n) is 3.79. The maximum absolute atomic E-state index is 11.4. The number of benzene rings is 1. The van der Waals surface area contributed by atoms with E-state index in [0.29, 0.717) is 17.2 Å². The van der Waals surface area contributed by atoms with Crippen molar-refractivity contribution in [2.75, 3.05) is 19.5 Å². The quantitative estimate of drug-likeness (QED) is 0.886. The number of hydrogen-bond donors (Lipinski definition) is 1. The molecule has 0 fully saturated rings. The monoisotopic (exact) mass is 248 g/mol. The second kappa shape index (κ2) is 5.92. The van der Waals surface area contributed by atoms with E-state index in [1.54, 1.807) is 19.2 Å². The van der Waals surface area contributed by atoms with Crippen molar-refractivity contribution in [2.24, 2.45) is 0 Å². The normalized spacial score (nSPS) is 9.50. The Hall–Kier alpha value is -2.22. The fraction of sp³-hybridized carbons (Fsp3) is 0.385. The standard InChI is InChI=1S/C13H16N2O3/c1-8-9(2)13(18-4)10(7-11(8)17-3)15-12(16)5-6-14/h7H,5H2,1-4H3,(H,15,16). The first kappa shape index (κ1) is 13.8. The minimum Gasteiger partial charge on any atom is -0.496 e. The summed E-state index contributed by atoms with van der Waals surface area (Å²) in [6.07, 6.45) is -0.196. The Labute approximate surface area is 106 Å². The van der Waals surface area contributed by atoms with E-state index in [9.17, 15) is 4.79 Å². The van der Waals surface area contributed by atoms with Crippen LogP contribution in [0.4, 0.5) is 5.69 Å². The Bertz CT molecular complexity index is 504. The van der Waals surface area contributed by atoms with Gasteiger partial charge in [-0.3, -0.25) is 4.79 Å². The van der Waals surface area contributed by atoms with Crippen molar-refractivity contribution in [2.45, 2.75) is 20.3 Å². The van der Waals surface area contributed by atoms with Gasteiger partial charge in [-0.1, -0.05) is 0 Å². The average molecular weight is 248 g/mol. The van der Waals surface area contributed by atoms with Crippen LogP contribution in [0.15, 0.2) is 6.07 Å². The Morgan fingerprint density at radius 1 is 1.33 bits per heavy atom. The number of ether oxygens (including phenoxy) is 2. The zero-order chi connectivity index (χ0) is 13.7. The third-order valence-corrected chi connectivity index (χ3v) is 2.73. The molecule has 0 aromatic heterocycles. The van der Waals surface area contributed by atoms with Crippen molar-refractivity contribution < 1.29 is 14.3 Å². The molecule has 1 N–H and O–H groups in total. The molecule has 0 aliphatic rings. The highest BCUT2D eigenvalue weighted by Crippen LogP contribution is 2.36. The molecule has 1 aromatic carbocycles. The highest BCUT2D eigenvalue weighted by molar-refractivity contribution is 5.94. The predicted molar refractivity (Wildman–Crippen MR) is 67.9 cm³/mol. The largest absolute Gasteiger partial charge is 0.496 e. The van der Waals surface area contributed by atoms with E-state index in [1.165, 1.54) is 7.11 Å². The Balaban J connectivity index is 3.21. The van der Waals surface area contributed by atoms with Gasteiger partial charge in [0.15, 0.2) is 0 Å². The molecule has 96 valence electrons. The topological polar surface area (TPSA) is 71.3 Å². The lowest BCUT2D eigenvalue weighted by atomic mass is 10.1. The summed E-state index contributed by atoms with van der Waals surface area (Å²) in [6.45, 7) is 3.80. The number of carbonyl (C=O) groups is 1. The molecule has 1 rings (SSSR count). The van der Waals surface area contributed by atoms with Crippen LogP contribution in [0.1, 0.15) is 17.5 Å². The summed E-state index contributed by atoms with van der Waals surface area (Å²) in [6, 6.07) is 3.49. The van der Waals surface area contributed by atoms with E-state index in [0.717, 1.165) is 11.1 Å². The molecule has 1 aromatic rings. The van der Waals surface area contributed by atoms with Crippen LogP contribution >= 0.6 is 0 Å².